The highest BCUT2D eigenvalue weighted by atomic mass is 79.9. The molecule has 0 N–H and O–H groups in total. The Morgan fingerprint density at radius 1 is 0.750 bits per heavy atom. The third kappa shape index (κ3) is 3.94. The average Bonchev–Trinajstić information content (AvgIpc) is 3.18. The third-order valence-corrected chi connectivity index (χ3v) is 7.11. The van der Waals surface area contributed by atoms with Crippen molar-refractivity contribution in [1.82, 2.24) is 0 Å². The lowest BCUT2D eigenvalue weighted by Gasteiger charge is -2.25. The van der Waals surface area contributed by atoms with Crippen molar-refractivity contribution in [3.63, 3.8) is 0 Å². The van der Waals surface area contributed by atoms with Crippen molar-refractivity contribution in [2.24, 2.45) is 0 Å². The Kier molecular flexibility index (Phi) is 5.74. The van der Waals surface area contributed by atoms with Gasteiger partial charge in [0.15, 0.2) is 5.43 Å². The summed E-state index contributed by atoms with van der Waals surface area (Å²) in [4.78, 5) is 29.2. The van der Waals surface area contributed by atoms with Gasteiger partial charge < -0.3 is 9.15 Å². The van der Waals surface area contributed by atoms with E-state index in [1.165, 1.54) is 0 Å². The molecule has 5 aromatic rings. The molecule has 36 heavy (non-hydrogen) atoms. The van der Waals surface area contributed by atoms with Crippen LogP contribution in [0.2, 0.25) is 0 Å². The number of para-hydroxylation sites is 1. The van der Waals surface area contributed by atoms with Crippen molar-refractivity contribution >= 4 is 54.4 Å². The van der Waals surface area contributed by atoms with Gasteiger partial charge in [0.2, 0.25) is 5.76 Å². The summed E-state index contributed by atoms with van der Waals surface area (Å²) >= 11 is 6.89. The molecule has 1 amide bonds. The molecule has 1 aliphatic heterocycles. The van der Waals surface area contributed by atoms with Gasteiger partial charge in [0.25, 0.3) is 5.91 Å². The first kappa shape index (κ1) is 22.8. The highest BCUT2D eigenvalue weighted by molar-refractivity contribution is 9.10. The summed E-state index contributed by atoms with van der Waals surface area (Å²) in [6, 6.07) is 28.8. The molecule has 0 saturated carbocycles. The second-order valence-corrected chi connectivity index (χ2v) is 10.2. The molecule has 176 valence electrons. The minimum atomic E-state index is -0.687. The number of carbonyl (C=O) groups excluding carboxylic acids is 1. The Morgan fingerprint density at radius 3 is 2.25 bits per heavy atom. The van der Waals surface area contributed by atoms with Crippen LogP contribution >= 0.6 is 31.9 Å². The molecular formula is C29H17Br2NO4. The lowest BCUT2D eigenvalue weighted by atomic mass is 9.98. The van der Waals surface area contributed by atoms with Crippen molar-refractivity contribution in [2.75, 3.05) is 4.90 Å². The Bertz CT molecular complexity index is 1680. The maximum Gasteiger partial charge on any atom is 0.295 e. The first-order chi connectivity index (χ1) is 17.5. The Morgan fingerprint density at radius 2 is 1.47 bits per heavy atom. The zero-order valence-corrected chi connectivity index (χ0v) is 21.8. The Balaban J connectivity index is 1.55. The monoisotopic (exact) mass is 601 g/mol. The van der Waals surface area contributed by atoms with E-state index in [9.17, 15) is 9.59 Å². The number of nitrogens with zero attached hydrogens (tertiary/aromatic N) is 1. The van der Waals surface area contributed by atoms with Crippen molar-refractivity contribution < 1.29 is 13.9 Å². The van der Waals surface area contributed by atoms with Gasteiger partial charge in [-0.05, 0) is 72.3 Å². The molecule has 0 radical (unpaired) electrons. The minimum absolute atomic E-state index is 0.0529. The molecule has 1 unspecified atom stereocenters. The molecule has 0 fully saturated rings. The molecule has 0 saturated heterocycles. The normalized spacial score (nSPS) is 14.8. The predicted molar refractivity (Wildman–Crippen MR) is 146 cm³/mol. The van der Waals surface area contributed by atoms with E-state index in [1.54, 1.807) is 23.1 Å². The quantitative estimate of drug-likeness (QED) is 0.210. The van der Waals surface area contributed by atoms with Crippen molar-refractivity contribution in [3.05, 3.63) is 133 Å². The van der Waals surface area contributed by atoms with Crippen molar-refractivity contribution in [2.45, 2.75) is 6.04 Å². The number of anilines is 1. The first-order valence-corrected chi connectivity index (χ1v) is 12.8. The highest BCUT2D eigenvalue weighted by Crippen LogP contribution is 2.42. The van der Waals surface area contributed by atoms with Crippen LogP contribution in [-0.2, 0) is 0 Å². The van der Waals surface area contributed by atoms with Crippen LogP contribution in [0, 0.1) is 0 Å². The molecule has 4 aromatic carbocycles. The topological polar surface area (TPSA) is 59.8 Å². The van der Waals surface area contributed by atoms with Crippen LogP contribution in [0.15, 0.2) is 115 Å². The van der Waals surface area contributed by atoms with Crippen LogP contribution in [-0.4, -0.2) is 5.91 Å². The largest absolute Gasteiger partial charge is 0.457 e. The lowest BCUT2D eigenvalue weighted by Crippen LogP contribution is -2.29. The van der Waals surface area contributed by atoms with Gasteiger partial charge in [-0.2, -0.15) is 0 Å². The average molecular weight is 603 g/mol. The van der Waals surface area contributed by atoms with Gasteiger partial charge >= 0.3 is 0 Å². The Labute approximate surface area is 223 Å². The number of halogens is 2. The Hall–Kier alpha value is -3.68. The van der Waals surface area contributed by atoms with Crippen LogP contribution in [0.1, 0.15) is 27.7 Å². The van der Waals surface area contributed by atoms with Gasteiger partial charge in [-0.25, -0.2) is 0 Å². The van der Waals surface area contributed by atoms with Crippen LogP contribution in [0.3, 0.4) is 0 Å². The molecule has 0 aliphatic carbocycles. The van der Waals surface area contributed by atoms with E-state index in [4.69, 9.17) is 9.15 Å². The van der Waals surface area contributed by atoms with Crippen LogP contribution < -0.4 is 15.1 Å². The fraction of sp³-hybridized carbons (Fsp3) is 0.0345. The second kappa shape index (κ2) is 9.08. The first-order valence-electron chi connectivity index (χ1n) is 11.2. The van der Waals surface area contributed by atoms with Gasteiger partial charge in [0.05, 0.1) is 17.0 Å². The number of fused-ring (bicyclic) bond motifs is 2. The summed E-state index contributed by atoms with van der Waals surface area (Å²) in [6.45, 7) is 0. The molecular weight excluding hydrogens is 586 g/mol. The van der Waals surface area contributed by atoms with Crippen LogP contribution in [0.4, 0.5) is 5.69 Å². The number of hydrogen-bond donors (Lipinski definition) is 0. The summed E-state index contributed by atoms with van der Waals surface area (Å²) in [5, 5.41) is 0.412. The molecule has 0 bridgehead atoms. The minimum Gasteiger partial charge on any atom is -0.457 e. The summed E-state index contributed by atoms with van der Waals surface area (Å²) in [5.41, 5.74) is 1.83. The fourth-order valence-corrected chi connectivity index (χ4v) is 5.13. The number of amides is 1. The van der Waals surface area contributed by atoms with Gasteiger partial charge in [0, 0.05) is 14.6 Å². The molecule has 6 rings (SSSR count). The highest BCUT2D eigenvalue weighted by Gasteiger charge is 2.43. The third-order valence-electron chi connectivity index (χ3n) is 6.09. The molecule has 2 heterocycles. The van der Waals surface area contributed by atoms with Gasteiger partial charge in [-0.1, -0.05) is 62.2 Å². The van der Waals surface area contributed by atoms with E-state index in [1.807, 2.05) is 78.9 Å². The molecule has 7 heteroatoms. The molecule has 1 aliphatic rings. The van der Waals surface area contributed by atoms with Crippen LogP contribution in [0.5, 0.6) is 11.5 Å². The second-order valence-electron chi connectivity index (χ2n) is 8.36. The maximum atomic E-state index is 13.8. The fourth-order valence-electron chi connectivity index (χ4n) is 4.50. The van der Waals surface area contributed by atoms with Gasteiger partial charge in [-0.15, -0.1) is 0 Å². The predicted octanol–water partition coefficient (Wildman–Crippen LogP) is 7.86. The summed E-state index contributed by atoms with van der Waals surface area (Å²) in [5.74, 6) is 0.978. The van der Waals surface area contributed by atoms with Gasteiger partial charge in [-0.3, -0.25) is 14.5 Å². The number of benzene rings is 4. The summed E-state index contributed by atoms with van der Waals surface area (Å²) in [6.07, 6.45) is 0. The van der Waals surface area contributed by atoms with E-state index in [-0.39, 0.29) is 17.1 Å². The summed E-state index contributed by atoms with van der Waals surface area (Å²) in [7, 11) is 0. The smallest absolute Gasteiger partial charge is 0.295 e. The number of hydrogen-bond acceptors (Lipinski definition) is 4. The standard InChI is InChI=1S/C29H17Br2NO4/c30-18-9-12-20(13-10-18)32-26(17-5-4-8-22(15-17)35-21-6-2-1-3-7-21)25-27(33)23-16-19(31)11-14-24(23)36-28(25)29(32)34/h1-16,26H. The molecule has 0 spiro atoms. The van der Waals surface area contributed by atoms with Crippen molar-refractivity contribution in [3.8, 4) is 11.5 Å². The number of ether oxygens (including phenoxy) is 1. The SMILES string of the molecule is O=C1c2oc3ccc(Br)cc3c(=O)c2C(c2cccc(Oc3ccccc3)c2)N1c1ccc(Br)cc1. The number of carbonyl (C=O) groups is 1. The zero-order valence-electron chi connectivity index (χ0n) is 18.7. The van der Waals surface area contributed by atoms with E-state index in [2.05, 4.69) is 31.9 Å². The molecule has 1 atom stereocenters. The van der Waals surface area contributed by atoms with E-state index >= 15 is 0 Å². The number of rotatable bonds is 4. The zero-order chi connectivity index (χ0) is 24.8. The van der Waals surface area contributed by atoms with E-state index in [0.29, 0.717) is 33.7 Å². The lowest BCUT2D eigenvalue weighted by molar-refractivity contribution is 0.0971. The summed E-state index contributed by atoms with van der Waals surface area (Å²) < 4.78 is 13.7. The van der Waals surface area contributed by atoms with E-state index in [0.717, 1.165) is 14.5 Å². The van der Waals surface area contributed by atoms with Gasteiger partial charge in [0.1, 0.15) is 17.1 Å². The maximum absolute atomic E-state index is 13.8. The van der Waals surface area contributed by atoms with E-state index < -0.39 is 6.04 Å². The van der Waals surface area contributed by atoms with Crippen LogP contribution in [0.25, 0.3) is 11.0 Å². The van der Waals surface area contributed by atoms with Crippen molar-refractivity contribution in [1.29, 1.82) is 0 Å². The molecule has 5 nitrogen and oxygen atoms in total. The molecule has 1 aromatic heterocycles.